The minimum Gasteiger partial charge on any atom is -0.314 e. The van der Waals surface area contributed by atoms with Gasteiger partial charge in [0.15, 0.2) is 0 Å². The Balaban J connectivity index is 2.23. The second kappa shape index (κ2) is 8.16. The Bertz CT molecular complexity index is 215. The highest BCUT2D eigenvalue weighted by Gasteiger charge is 2.24. The topological polar surface area (TPSA) is 15.3 Å². The van der Waals surface area contributed by atoms with Crippen LogP contribution in [0.15, 0.2) is 0 Å². The van der Waals surface area contributed by atoms with Gasteiger partial charge in [0, 0.05) is 18.6 Å². The molecule has 0 radical (unpaired) electrons. The van der Waals surface area contributed by atoms with Crippen molar-refractivity contribution in [2.24, 2.45) is 11.8 Å². The molecule has 1 saturated heterocycles. The van der Waals surface area contributed by atoms with Crippen molar-refractivity contribution in [1.29, 1.82) is 0 Å². The molecule has 1 heterocycles. The summed E-state index contributed by atoms with van der Waals surface area (Å²) in [6.07, 6.45) is 5.30. The third-order valence-electron chi connectivity index (χ3n) is 4.62. The summed E-state index contributed by atoms with van der Waals surface area (Å²) < 4.78 is 0. The van der Waals surface area contributed by atoms with E-state index in [1.54, 1.807) is 0 Å². The fraction of sp³-hybridized carbons (Fsp3) is 1.00. The number of rotatable bonds is 8. The van der Waals surface area contributed by atoms with Crippen LogP contribution in [-0.4, -0.2) is 36.6 Å². The Hall–Kier alpha value is -0.0800. The standard InChI is InChI=1S/C16H34N2/c1-6-14(5)10-16(7-2)17-11-15-8-9-18(12-15)13(3)4/h13-17H,6-12H2,1-5H3. The Morgan fingerprint density at radius 3 is 2.39 bits per heavy atom. The van der Waals surface area contributed by atoms with E-state index in [1.807, 2.05) is 0 Å². The number of hydrogen-bond donors (Lipinski definition) is 1. The highest BCUT2D eigenvalue weighted by atomic mass is 15.2. The van der Waals surface area contributed by atoms with Crippen LogP contribution in [0.1, 0.15) is 60.3 Å². The maximum absolute atomic E-state index is 3.81. The van der Waals surface area contributed by atoms with Crippen LogP contribution in [0.4, 0.5) is 0 Å². The molecule has 0 amide bonds. The Morgan fingerprint density at radius 1 is 1.17 bits per heavy atom. The van der Waals surface area contributed by atoms with E-state index in [1.165, 1.54) is 45.3 Å². The Labute approximate surface area is 115 Å². The first-order valence-electron chi connectivity index (χ1n) is 8.04. The van der Waals surface area contributed by atoms with Crippen molar-refractivity contribution < 1.29 is 0 Å². The molecule has 18 heavy (non-hydrogen) atoms. The third kappa shape index (κ3) is 5.27. The molecule has 1 N–H and O–H groups in total. The van der Waals surface area contributed by atoms with Crippen molar-refractivity contribution in [3.8, 4) is 0 Å². The molecular weight excluding hydrogens is 220 g/mol. The van der Waals surface area contributed by atoms with Crippen LogP contribution in [-0.2, 0) is 0 Å². The molecule has 3 atom stereocenters. The molecule has 0 aromatic carbocycles. The summed E-state index contributed by atoms with van der Waals surface area (Å²) in [7, 11) is 0. The molecule has 108 valence electrons. The molecule has 0 aromatic rings. The van der Waals surface area contributed by atoms with Gasteiger partial charge in [-0.1, -0.05) is 27.2 Å². The van der Waals surface area contributed by atoms with Crippen LogP contribution in [0.3, 0.4) is 0 Å². The second-order valence-electron chi connectivity index (χ2n) is 6.51. The van der Waals surface area contributed by atoms with Crippen molar-refractivity contribution in [1.82, 2.24) is 10.2 Å². The van der Waals surface area contributed by atoms with E-state index in [-0.39, 0.29) is 0 Å². The van der Waals surface area contributed by atoms with Gasteiger partial charge in [-0.2, -0.15) is 0 Å². The lowest BCUT2D eigenvalue weighted by Gasteiger charge is -2.23. The minimum absolute atomic E-state index is 0.720. The van der Waals surface area contributed by atoms with E-state index < -0.39 is 0 Å². The van der Waals surface area contributed by atoms with Gasteiger partial charge in [-0.3, -0.25) is 0 Å². The first-order chi connectivity index (χ1) is 8.56. The largest absolute Gasteiger partial charge is 0.314 e. The average molecular weight is 254 g/mol. The highest BCUT2D eigenvalue weighted by molar-refractivity contribution is 4.80. The van der Waals surface area contributed by atoms with Crippen molar-refractivity contribution in [2.75, 3.05) is 19.6 Å². The molecule has 3 unspecified atom stereocenters. The first-order valence-corrected chi connectivity index (χ1v) is 8.04. The van der Waals surface area contributed by atoms with Gasteiger partial charge in [0.05, 0.1) is 0 Å². The van der Waals surface area contributed by atoms with Crippen LogP contribution in [0, 0.1) is 11.8 Å². The lowest BCUT2D eigenvalue weighted by molar-refractivity contribution is 0.261. The summed E-state index contributed by atoms with van der Waals surface area (Å²) in [6.45, 7) is 15.4. The number of nitrogens with one attached hydrogen (secondary N) is 1. The second-order valence-corrected chi connectivity index (χ2v) is 6.51. The van der Waals surface area contributed by atoms with Gasteiger partial charge >= 0.3 is 0 Å². The summed E-state index contributed by atoms with van der Waals surface area (Å²) in [5, 5.41) is 3.81. The van der Waals surface area contributed by atoms with Gasteiger partial charge in [-0.15, -0.1) is 0 Å². The molecule has 1 aliphatic heterocycles. The summed E-state index contributed by atoms with van der Waals surface area (Å²) in [4.78, 5) is 2.61. The lowest BCUT2D eigenvalue weighted by Crippen LogP contribution is -2.36. The molecular formula is C16H34N2. The maximum atomic E-state index is 3.81. The fourth-order valence-electron chi connectivity index (χ4n) is 2.88. The summed E-state index contributed by atoms with van der Waals surface area (Å²) in [6, 6.07) is 1.45. The smallest absolute Gasteiger partial charge is 0.00670 e. The van der Waals surface area contributed by atoms with E-state index >= 15 is 0 Å². The van der Waals surface area contributed by atoms with Crippen LogP contribution < -0.4 is 5.32 Å². The van der Waals surface area contributed by atoms with Gasteiger partial charge in [0.2, 0.25) is 0 Å². The Kier molecular flexibility index (Phi) is 7.25. The quantitative estimate of drug-likeness (QED) is 0.713. The van der Waals surface area contributed by atoms with Crippen molar-refractivity contribution in [3.05, 3.63) is 0 Å². The monoisotopic (exact) mass is 254 g/mol. The zero-order valence-electron chi connectivity index (χ0n) is 13.2. The summed E-state index contributed by atoms with van der Waals surface area (Å²) in [5.41, 5.74) is 0. The third-order valence-corrected chi connectivity index (χ3v) is 4.62. The van der Waals surface area contributed by atoms with E-state index in [0.29, 0.717) is 0 Å². The molecule has 0 aromatic heterocycles. The number of likely N-dealkylation sites (tertiary alicyclic amines) is 1. The van der Waals surface area contributed by atoms with Gasteiger partial charge < -0.3 is 10.2 Å². The molecule has 2 nitrogen and oxygen atoms in total. The minimum atomic E-state index is 0.720. The van der Waals surface area contributed by atoms with Crippen molar-refractivity contribution in [3.63, 3.8) is 0 Å². The molecule has 1 aliphatic rings. The predicted molar refractivity (Wildman–Crippen MR) is 81.0 cm³/mol. The summed E-state index contributed by atoms with van der Waals surface area (Å²) >= 11 is 0. The van der Waals surface area contributed by atoms with Gasteiger partial charge in [0.25, 0.3) is 0 Å². The average Bonchev–Trinajstić information content (AvgIpc) is 2.83. The molecule has 0 bridgehead atoms. The zero-order chi connectivity index (χ0) is 13.5. The lowest BCUT2D eigenvalue weighted by atomic mass is 9.97. The SMILES string of the molecule is CCC(C)CC(CC)NCC1CCN(C(C)C)C1. The molecule has 1 rings (SSSR count). The van der Waals surface area contributed by atoms with Crippen LogP contribution in [0.25, 0.3) is 0 Å². The van der Waals surface area contributed by atoms with E-state index in [0.717, 1.165) is 23.9 Å². The molecule has 1 fully saturated rings. The van der Waals surface area contributed by atoms with Crippen LogP contribution >= 0.6 is 0 Å². The van der Waals surface area contributed by atoms with Gasteiger partial charge in [-0.05, 0) is 58.0 Å². The zero-order valence-corrected chi connectivity index (χ0v) is 13.2. The number of nitrogens with zero attached hydrogens (tertiary/aromatic N) is 1. The Morgan fingerprint density at radius 2 is 1.89 bits per heavy atom. The van der Waals surface area contributed by atoms with E-state index in [9.17, 15) is 0 Å². The maximum Gasteiger partial charge on any atom is 0.00670 e. The van der Waals surface area contributed by atoms with Gasteiger partial charge in [-0.25, -0.2) is 0 Å². The van der Waals surface area contributed by atoms with Crippen molar-refractivity contribution >= 4 is 0 Å². The molecule has 0 saturated carbocycles. The molecule has 0 spiro atoms. The van der Waals surface area contributed by atoms with Crippen molar-refractivity contribution in [2.45, 2.75) is 72.4 Å². The predicted octanol–water partition coefficient (Wildman–Crippen LogP) is 3.52. The molecule has 2 heteroatoms. The molecule has 0 aliphatic carbocycles. The number of hydrogen-bond acceptors (Lipinski definition) is 2. The fourth-order valence-corrected chi connectivity index (χ4v) is 2.88. The van der Waals surface area contributed by atoms with E-state index in [4.69, 9.17) is 0 Å². The first kappa shape index (κ1) is 16.0. The summed E-state index contributed by atoms with van der Waals surface area (Å²) in [5.74, 6) is 1.73. The highest BCUT2D eigenvalue weighted by Crippen LogP contribution is 2.19. The normalized spacial score (nSPS) is 24.7. The van der Waals surface area contributed by atoms with Gasteiger partial charge in [0.1, 0.15) is 0 Å². The van der Waals surface area contributed by atoms with Crippen LogP contribution in [0.2, 0.25) is 0 Å². The van der Waals surface area contributed by atoms with E-state index in [2.05, 4.69) is 44.8 Å². The van der Waals surface area contributed by atoms with Crippen LogP contribution in [0.5, 0.6) is 0 Å².